The number of ether oxygens (including phenoxy) is 2. The minimum absolute atomic E-state index is 0.182. The third kappa shape index (κ3) is 3.63. The van der Waals surface area contributed by atoms with Gasteiger partial charge in [0, 0.05) is 6.07 Å². The molecule has 0 aromatic heterocycles. The average Bonchev–Trinajstić information content (AvgIpc) is 2.53. The Bertz CT molecular complexity index is 867. The van der Waals surface area contributed by atoms with E-state index in [9.17, 15) is 8.42 Å². The SMILES string of the molecule is COc1cc(C)c(S(=O)(=O)Cc2cccc(C#N)c2)cc1OC. The molecule has 23 heavy (non-hydrogen) atoms. The molecule has 0 atom stereocenters. The maximum absolute atomic E-state index is 12.7. The summed E-state index contributed by atoms with van der Waals surface area (Å²) < 4.78 is 35.8. The molecule has 0 aliphatic carbocycles. The molecule has 0 N–H and O–H groups in total. The Balaban J connectivity index is 2.45. The molecule has 6 heteroatoms. The molecule has 5 nitrogen and oxygen atoms in total. The van der Waals surface area contributed by atoms with E-state index >= 15 is 0 Å². The van der Waals surface area contributed by atoms with Crippen molar-refractivity contribution in [3.63, 3.8) is 0 Å². The molecule has 0 fully saturated rings. The van der Waals surface area contributed by atoms with E-state index in [0.29, 0.717) is 28.2 Å². The van der Waals surface area contributed by atoms with Crippen molar-refractivity contribution in [2.75, 3.05) is 14.2 Å². The number of methoxy groups -OCH3 is 2. The molecule has 0 saturated heterocycles. The third-order valence-electron chi connectivity index (χ3n) is 3.43. The molecule has 2 rings (SSSR count). The molecule has 0 amide bonds. The minimum Gasteiger partial charge on any atom is -0.493 e. The standard InChI is InChI=1S/C17H17NO4S/c1-12-7-15(21-2)16(22-3)9-17(12)23(19,20)11-14-6-4-5-13(8-14)10-18/h4-9H,11H2,1-3H3. The Kier molecular flexibility index (Phi) is 4.92. The van der Waals surface area contributed by atoms with Gasteiger partial charge >= 0.3 is 0 Å². The Morgan fingerprint density at radius 1 is 1.09 bits per heavy atom. The lowest BCUT2D eigenvalue weighted by Crippen LogP contribution is -2.08. The number of nitrogens with zero attached hydrogens (tertiary/aromatic N) is 1. The fourth-order valence-corrected chi connectivity index (χ4v) is 3.93. The van der Waals surface area contributed by atoms with Crippen LogP contribution in [0, 0.1) is 18.3 Å². The van der Waals surface area contributed by atoms with E-state index < -0.39 is 9.84 Å². The number of rotatable bonds is 5. The number of sulfone groups is 1. The van der Waals surface area contributed by atoms with E-state index in [1.54, 1.807) is 37.3 Å². The van der Waals surface area contributed by atoms with Crippen molar-refractivity contribution in [3.05, 3.63) is 53.1 Å². The molecule has 0 heterocycles. The Labute approximate surface area is 136 Å². The smallest absolute Gasteiger partial charge is 0.182 e. The van der Waals surface area contributed by atoms with Crippen LogP contribution in [0.5, 0.6) is 11.5 Å². The van der Waals surface area contributed by atoms with Crippen molar-refractivity contribution in [2.45, 2.75) is 17.6 Å². The molecule has 0 bridgehead atoms. The molecule has 0 radical (unpaired) electrons. The number of hydrogen-bond donors (Lipinski definition) is 0. The third-order valence-corrected chi connectivity index (χ3v) is 5.25. The van der Waals surface area contributed by atoms with Crippen molar-refractivity contribution in [1.29, 1.82) is 5.26 Å². The fourth-order valence-electron chi connectivity index (χ4n) is 2.32. The van der Waals surface area contributed by atoms with Crippen LogP contribution in [0.1, 0.15) is 16.7 Å². The zero-order valence-corrected chi connectivity index (χ0v) is 14.0. The van der Waals surface area contributed by atoms with Gasteiger partial charge in [-0.3, -0.25) is 0 Å². The van der Waals surface area contributed by atoms with Crippen LogP contribution in [-0.2, 0) is 15.6 Å². The van der Waals surface area contributed by atoms with Gasteiger partial charge in [0.1, 0.15) is 0 Å². The summed E-state index contributed by atoms with van der Waals surface area (Å²) in [6, 6.07) is 11.7. The highest BCUT2D eigenvalue weighted by Gasteiger charge is 2.21. The summed E-state index contributed by atoms with van der Waals surface area (Å²) in [6.07, 6.45) is 0. The van der Waals surface area contributed by atoms with Gasteiger partial charge in [0.25, 0.3) is 0 Å². The second-order valence-electron chi connectivity index (χ2n) is 5.04. The predicted octanol–water partition coefficient (Wildman–Crippen LogP) is 2.86. The van der Waals surface area contributed by atoms with Gasteiger partial charge in [0.2, 0.25) is 0 Å². The topological polar surface area (TPSA) is 76.4 Å². The quantitative estimate of drug-likeness (QED) is 0.842. The molecule has 2 aromatic rings. The van der Waals surface area contributed by atoms with Crippen molar-refractivity contribution < 1.29 is 17.9 Å². The zero-order chi connectivity index (χ0) is 17.0. The highest BCUT2D eigenvalue weighted by molar-refractivity contribution is 7.90. The van der Waals surface area contributed by atoms with Crippen molar-refractivity contribution in [3.8, 4) is 17.6 Å². The highest BCUT2D eigenvalue weighted by Crippen LogP contribution is 2.33. The van der Waals surface area contributed by atoms with Crippen molar-refractivity contribution in [1.82, 2.24) is 0 Å². The van der Waals surface area contributed by atoms with Crippen LogP contribution in [0.4, 0.5) is 0 Å². The minimum atomic E-state index is -3.57. The summed E-state index contributed by atoms with van der Waals surface area (Å²) in [4.78, 5) is 0.192. The maximum Gasteiger partial charge on any atom is 0.182 e. The highest BCUT2D eigenvalue weighted by atomic mass is 32.2. The van der Waals surface area contributed by atoms with Gasteiger partial charge in [-0.2, -0.15) is 5.26 Å². The molecular formula is C17H17NO4S. The van der Waals surface area contributed by atoms with Crippen LogP contribution in [0.25, 0.3) is 0 Å². The Morgan fingerprint density at radius 2 is 1.74 bits per heavy atom. The number of hydrogen-bond acceptors (Lipinski definition) is 5. The second-order valence-corrected chi connectivity index (χ2v) is 7.00. The molecule has 0 spiro atoms. The molecule has 2 aromatic carbocycles. The van der Waals surface area contributed by atoms with Gasteiger partial charge < -0.3 is 9.47 Å². The Morgan fingerprint density at radius 3 is 2.35 bits per heavy atom. The van der Waals surface area contributed by atoms with E-state index in [1.165, 1.54) is 20.3 Å². The lowest BCUT2D eigenvalue weighted by molar-refractivity contribution is 0.353. The number of benzene rings is 2. The second kappa shape index (κ2) is 6.71. The number of aryl methyl sites for hydroxylation is 1. The Hall–Kier alpha value is -2.52. The van der Waals surface area contributed by atoms with Crippen LogP contribution >= 0.6 is 0 Å². The van der Waals surface area contributed by atoms with E-state index in [4.69, 9.17) is 14.7 Å². The lowest BCUT2D eigenvalue weighted by atomic mass is 10.2. The summed E-state index contributed by atoms with van der Waals surface area (Å²) in [5, 5.41) is 8.92. The molecule has 0 unspecified atom stereocenters. The van der Waals surface area contributed by atoms with Gasteiger partial charge in [-0.1, -0.05) is 12.1 Å². The van der Waals surface area contributed by atoms with Gasteiger partial charge in [0.05, 0.1) is 36.5 Å². The number of nitriles is 1. The normalized spacial score (nSPS) is 10.9. The first-order chi connectivity index (χ1) is 10.9. The molecular weight excluding hydrogens is 314 g/mol. The van der Waals surface area contributed by atoms with E-state index in [2.05, 4.69) is 0 Å². The lowest BCUT2D eigenvalue weighted by Gasteiger charge is -2.13. The van der Waals surface area contributed by atoms with Crippen LogP contribution in [-0.4, -0.2) is 22.6 Å². The summed E-state index contributed by atoms with van der Waals surface area (Å²) in [6.45, 7) is 1.71. The summed E-state index contributed by atoms with van der Waals surface area (Å²) in [5.74, 6) is 0.664. The summed E-state index contributed by atoms with van der Waals surface area (Å²) >= 11 is 0. The van der Waals surface area contributed by atoms with Crippen LogP contribution in [0.15, 0.2) is 41.3 Å². The van der Waals surface area contributed by atoms with Gasteiger partial charge in [-0.15, -0.1) is 0 Å². The molecule has 0 aliphatic rings. The molecule has 0 saturated carbocycles. The van der Waals surface area contributed by atoms with E-state index in [1.807, 2.05) is 6.07 Å². The fraction of sp³-hybridized carbons (Fsp3) is 0.235. The largest absolute Gasteiger partial charge is 0.493 e. The first-order valence-corrected chi connectivity index (χ1v) is 8.51. The monoisotopic (exact) mass is 331 g/mol. The van der Waals surface area contributed by atoms with Crippen LogP contribution in [0.2, 0.25) is 0 Å². The van der Waals surface area contributed by atoms with Crippen molar-refractivity contribution >= 4 is 9.84 Å². The molecule has 0 aliphatic heterocycles. The van der Waals surface area contributed by atoms with Gasteiger partial charge in [-0.05, 0) is 36.2 Å². The van der Waals surface area contributed by atoms with Crippen molar-refractivity contribution in [2.24, 2.45) is 0 Å². The maximum atomic E-state index is 12.7. The average molecular weight is 331 g/mol. The van der Waals surface area contributed by atoms with Crippen LogP contribution < -0.4 is 9.47 Å². The van der Waals surface area contributed by atoms with E-state index in [0.717, 1.165) is 0 Å². The van der Waals surface area contributed by atoms with Gasteiger partial charge in [-0.25, -0.2) is 8.42 Å². The first-order valence-electron chi connectivity index (χ1n) is 6.85. The molecule has 120 valence electrons. The van der Waals surface area contributed by atoms with Crippen LogP contribution in [0.3, 0.4) is 0 Å². The summed E-state index contributed by atoms with van der Waals surface area (Å²) in [7, 11) is -0.614. The zero-order valence-electron chi connectivity index (χ0n) is 13.2. The predicted molar refractivity (Wildman–Crippen MR) is 86.3 cm³/mol. The summed E-state index contributed by atoms with van der Waals surface area (Å²) in [5.41, 5.74) is 1.58. The van der Waals surface area contributed by atoms with Gasteiger partial charge in [0.15, 0.2) is 21.3 Å². The first kappa shape index (κ1) is 16.8. The van der Waals surface area contributed by atoms with E-state index in [-0.39, 0.29) is 10.6 Å².